The highest BCUT2D eigenvalue weighted by Crippen LogP contribution is 2.22. The number of nitriles is 1. The van der Waals surface area contributed by atoms with Crippen molar-refractivity contribution in [1.82, 2.24) is 4.98 Å². The number of benzene rings is 2. The molecule has 158 valence electrons. The molecule has 3 aromatic rings. The van der Waals surface area contributed by atoms with E-state index < -0.39 is 24.3 Å². The first-order valence-electron chi connectivity index (χ1n) is 9.49. The standard InChI is InChI=1S/C23H20N2O5S/c1-16-15-31-22(25-16)19(13-24)20(26)14-30-23(27)18-9-5-6-10-21(18)29-12-11-28-17-7-3-2-4-8-17/h2-10,15,19H,11-12,14H2,1H3/t19-/m1/s1. The zero-order valence-electron chi connectivity index (χ0n) is 16.8. The highest BCUT2D eigenvalue weighted by atomic mass is 32.1. The summed E-state index contributed by atoms with van der Waals surface area (Å²) in [5, 5.41) is 11.5. The molecule has 1 heterocycles. The SMILES string of the molecule is Cc1csc([C@H](C#N)C(=O)COC(=O)c2ccccc2OCCOc2ccccc2)n1. The summed E-state index contributed by atoms with van der Waals surface area (Å²) in [6.07, 6.45) is 0. The van der Waals surface area contributed by atoms with E-state index in [-0.39, 0.29) is 12.2 Å². The molecule has 0 aliphatic carbocycles. The van der Waals surface area contributed by atoms with Crippen LogP contribution in [-0.4, -0.2) is 36.6 Å². The first-order chi connectivity index (χ1) is 15.1. The fourth-order valence-electron chi connectivity index (χ4n) is 2.66. The van der Waals surface area contributed by atoms with Crippen molar-refractivity contribution in [3.8, 4) is 17.6 Å². The molecule has 31 heavy (non-hydrogen) atoms. The lowest BCUT2D eigenvalue weighted by Gasteiger charge is -2.12. The van der Waals surface area contributed by atoms with Crippen LogP contribution in [0.1, 0.15) is 27.0 Å². The van der Waals surface area contributed by atoms with E-state index in [1.165, 1.54) is 11.3 Å². The van der Waals surface area contributed by atoms with Crippen molar-refractivity contribution >= 4 is 23.1 Å². The molecule has 0 saturated heterocycles. The number of carbonyl (C=O) groups excluding carboxylic acids is 2. The van der Waals surface area contributed by atoms with Crippen LogP contribution in [0.3, 0.4) is 0 Å². The summed E-state index contributed by atoms with van der Waals surface area (Å²) in [6, 6.07) is 17.8. The number of aromatic nitrogens is 1. The fraction of sp³-hybridized carbons (Fsp3) is 0.217. The van der Waals surface area contributed by atoms with Crippen LogP contribution >= 0.6 is 11.3 Å². The van der Waals surface area contributed by atoms with Crippen molar-refractivity contribution in [3.63, 3.8) is 0 Å². The maximum Gasteiger partial charge on any atom is 0.342 e. The summed E-state index contributed by atoms with van der Waals surface area (Å²) in [5.41, 5.74) is 0.918. The summed E-state index contributed by atoms with van der Waals surface area (Å²) < 4.78 is 16.4. The lowest BCUT2D eigenvalue weighted by Crippen LogP contribution is -2.20. The van der Waals surface area contributed by atoms with Crippen molar-refractivity contribution in [3.05, 3.63) is 76.2 Å². The Morgan fingerprint density at radius 3 is 2.48 bits per heavy atom. The number of hydrogen-bond acceptors (Lipinski definition) is 8. The van der Waals surface area contributed by atoms with Crippen LogP contribution in [0.15, 0.2) is 60.0 Å². The van der Waals surface area contributed by atoms with Crippen molar-refractivity contribution in [2.75, 3.05) is 19.8 Å². The van der Waals surface area contributed by atoms with Crippen LogP contribution in [0.5, 0.6) is 11.5 Å². The number of para-hydroxylation sites is 2. The van der Waals surface area contributed by atoms with E-state index >= 15 is 0 Å². The largest absolute Gasteiger partial charge is 0.490 e. The second-order valence-corrected chi connectivity index (χ2v) is 7.33. The molecule has 8 heteroatoms. The average Bonchev–Trinajstić information content (AvgIpc) is 3.22. The number of hydrogen-bond donors (Lipinski definition) is 0. The maximum atomic E-state index is 12.5. The second kappa shape index (κ2) is 10.9. The summed E-state index contributed by atoms with van der Waals surface area (Å²) >= 11 is 1.23. The molecular formula is C23H20N2O5S. The van der Waals surface area contributed by atoms with Crippen molar-refractivity contribution < 1.29 is 23.8 Å². The third-order valence-electron chi connectivity index (χ3n) is 4.14. The number of rotatable bonds is 10. The van der Waals surface area contributed by atoms with Crippen LogP contribution in [-0.2, 0) is 9.53 Å². The van der Waals surface area contributed by atoms with Gasteiger partial charge in [-0.3, -0.25) is 4.79 Å². The first kappa shape index (κ1) is 22.0. The second-order valence-electron chi connectivity index (χ2n) is 6.44. The Balaban J connectivity index is 1.54. The quantitative estimate of drug-likeness (QED) is 0.351. The number of Topliss-reactive ketones (excluding diaryl/α,β-unsaturated/α-hetero) is 1. The molecule has 0 radical (unpaired) electrons. The van der Waals surface area contributed by atoms with Gasteiger partial charge in [0.05, 0.1) is 6.07 Å². The Labute approximate surface area is 183 Å². The van der Waals surface area contributed by atoms with E-state index in [0.29, 0.717) is 17.4 Å². The number of ether oxygens (including phenoxy) is 3. The fourth-order valence-corrected chi connectivity index (χ4v) is 3.52. The Kier molecular flexibility index (Phi) is 7.73. The smallest absolute Gasteiger partial charge is 0.342 e. The van der Waals surface area contributed by atoms with Gasteiger partial charge < -0.3 is 14.2 Å². The van der Waals surface area contributed by atoms with Gasteiger partial charge in [0.25, 0.3) is 0 Å². The van der Waals surface area contributed by atoms with Gasteiger partial charge in [-0.05, 0) is 31.2 Å². The van der Waals surface area contributed by atoms with Crippen LogP contribution in [0, 0.1) is 18.3 Å². The third kappa shape index (κ3) is 6.14. The Bertz CT molecular complexity index is 1070. The van der Waals surface area contributed by atoms with Gasteiger partial charge in [0, 0.05) is 11.1 Å². The minimum atomic E-state index is -1.06. The summed E-state index contributed by atoms with van der Waals surface area (Å²) in [7, 11) is 0. The molecule has 0 bridgehead atoms. The van der Waals surface area contributed by atoms with Crippen LogP contribution in [0.25, 0.3) is 0 Å². The molecule has 2 aromatic carbocycles. The molecule has 0 unspecified atom stereocenters. The predicted octanol–water partition coefficient (Wildman–Crippen LogP) is 3.94. The van der Waals surface area contributed by atoms with Crippen LogP contribution in [0.4, 0.5) is 0 Å². The molecule has 0 aliphatic rings. The monoisotopic (exact) mass is 436 g/mol. The van der Waals surface area contributed by atoms with Gasteiger partial charge in [-0.1, -0.05) is 30.3 Å². The van der Waals surface area contributed by atoms with Gasteiger partial charge >= 0.3 is 5.97 Å². The number of nitrogens with zero attached hydrogens (tertiary/aromatic N) is 2. The van der Waals surface area contributed by atoms with Gasteiger partial charge in [-0.2, -0.15) is 5.26 Å². The van der Waals surface area contributed by atoms with Gasteiger partial charge in [-0.25, -0.2) is 9.78 Å². The predicted molar refractivity (Wildman–Crippen MR) is 114 cm³/mol. The Morgan fingerprint density at radius 1 is 1.06 bits per heavy atom. The number of esters is 1. The van der Waals surface area contributed by atoms with E-state index in [9.17, 15) is 14.9 Å². The number of ketones is 1. The molecule has 0 fully saturated rings. The van der Waals surface area contributed by atoms with E-state index in [0.717, 1.165) is 11.4 Å². The minimum Gasteiger partial charge on any atom is -0.490 e. The van der Waals surface area contributed by atoms with Crippen molar-refractivity contribution in [2.24, 2.45) is 0 Å². The minimum absolute atomic E-state index is 0.189. The maximum absolute atomic E-state index is 12.5. The molecule has 3 rings (SSSR count). The zero-order chi connectivity index (χ0) is 22.1. The Hall–Kier alpha value is -3.70. The molecule has 0 spiro atoms. The Morgan fingerprint density at radius 2 is 1.77 bits per heavy atom. The molecule has 0 aliphatic heterocycles. The molecule has 0 N–H and O–H groups in total. The molecule has 1 atom stereocenters. The van der Waals surface area contributed by atoms with Crippen LogP contribution < -0.4 is 9.47 Å². The molecule has 1 aromatic heterocycles. The highest BCUT2D eigenvalue weighted by Gasteiger charge is 2.25. The third-order valence-corrected chi connectivity index (χ3v) is 5.17. The van der Waals surface area contributed by atoms with E-state index in [1.807, 2.05) is 36.4 Å². The van der Waals surface area contributed by atoms with E-state index in [1.54, 1.807) is 36.6 Å². The highest BCUT2D eigenvalue weighted by molar-refractivity contribution is 7.09. The molecule has 0 saturated carbocycles. The summed E-state index contributed by atoms with van der Waals surface area (Å²) in [4.78, 5) is 29.0. The number of aryl methyl sites for hydroxylation is 1. The molecule has 7 nitrogen and oxygen atoms in total. The zero-order valence-corrected chi connectivity index (χ0v) is 17.6. The normalized spacial score (nSPS) is 11.2. The molecular weight excluding hydrogens is 416 g/mol. The topological polar surface area (TPSA) is 98.5 Å². The van der Waals surface area contributed by atoms with Gasteiger partial charge in [-0.15, -0.1) is 11.3 Å². The van der Waals surface area contributed by atoms with Crippen molar-refractivity contribution in [1.29, 1.82) is 5.26 Å². The summed E-state index contributed by atoms with van der Waals surface area (Å²) in [5.74, 6) is -1.25. The van der Waals surface area contributed by atoms with Gasteiger partial charge in [0.1, 0.15) is 35.3 Å². The first-order valence-corrected chi connectivity index (χ1v) is 10.4. The summed E-state index contributed by atoms with van der Waals surface area (Å²) in [6.45, 7) is 1.77. The lowest BCUT2D eigenvalue weighted by atomic mass is 10.1. The number of thiazole rings is 1. The van der Waals surface area contributed by atoms with E-state index in [4.69, 9.17) is 14.2 Å². The average molecular weight is 436 g/mol. The van der Waals surface area contributed by atoms with Crippen LogP contribution in [0.2, 0.25) is 0 Å². The van der Waals surface area contributed by atoms with Crippen molar-refractivity contribution in [2.45, 2.75) is 12.8 Å². The van der Waals surface area contributed by atoms with Gasteiger partial charge in [0.2, 0.25) is 0 Å². The number of carbonyl (C=O) groups is 2. The van der Waals surface area contributed by atoms with E-state index in [2.05, 4.69) is 4.98 Å². The molecule has 0 amide bonds. The van der Waals surface area contributed by atoms with Gasteiger partial charge in [0.15, 0.2) is 18.3 Å². The lowest BCUT2D eigenvalue weighted by molar-refractivity contribution is -0.122.